The minimum Gasteiger partial charge on any atom is -0.619 e. The van der Waals surface area contributed by atoms with Crippen molar-refractivity contribution in [2.24, 2.45) is 7.05 Å². The highest BCUT2D eigenvalue weighted by atomic mass is 32.1. The van der Waals surface area contributed by atoms with Gasteiger partial charge in [-0.2, -0.15) is 4.73 Å². The van der Waals surface area contributed by atoms with E-state index in [1.165, 1.54) is 23.3 Å². The zero-order valence-electron chi connectivity index (χ0n) is 7.25. The predicted octanol–water partition coefficient (Wildman–Crippen LogP) is 0.438. The summed E-state index contributed by atoms with van der Waals surface area (Å²) < 4.78 is 7.13. The van der Waals surface area contributed by atoms with Crippen LogP contribution in [-0.4, -0.2) is 14.8 Å². The van der Waals surface area contributed by atoms with Gasteiger partial charge in [0.15, 0.2) is 11.9 Å². The third kappa shape index (κ3) is 1.49. The van der Waals surface area contributed by atoms with Crippen LogP contribution in [0.3, 0.4) is 0 Å². The quantitative estimate of drug-likeness (QED) is 0.388. The summed E-state index contributed by atoms with van der Waals surface area (Å²) in [7, 11) is 1.66. The molecule has 2 aromatic heterocycles. The van der Waals surface area contributed by atoms with Crippen LogP contribution in [0.25, 0.3) is 11.6 Å². The molecule has 0 aliphatic carbocycles. The average molecular weight is 210 g/mol. The molecule has 2 aromatic rings. The Morgan fingerprint density at radius 1 is 1.64 bits per heavy atom. The monoisotopic (exact) mass is 210 g/mol. The third-order valence-electron chi connectivity index (χ3n) is 1.58. The Morgan fingerprint density at radius 3 is 3.00 bits per heavy atom. The lowest BCUT2D eigenvalue weighted by atomic mass is 10.4. The summed E-state index contributed by atoms with van der Waals surface area (Å²) >= 11 is 4.83. The highest BCUT2D eigenvalue weighted by Crippen LogP contribution is 2.11. The lowest BCUT2D eigenvalue weighted by molar-refractivity contribution is -0.605. The van der Waals surface area contributed by atoms with Gasteiger partial charge in [-0.15, -0.1) is 5.10 Å². The first-order chi connectivity index (χ1) is 6.66. The van der Waals surface area contributed by atoms with E-state index < -0.39 is 0 Å². The molecule has 0 radical (unpaired) electrons. The summed E-state index contributed by atoms with van der Waals surface area (Å²) in [6.45, 7) is 0. The zero-order valence-corrected chi connectivity index (χ0v) is 8.06. The maximum Gasteiger partial charge on any atom is 0.287 e. The van der Waals surface area contributed by atoms with Crippen LogP contribution in [0.15, 0.2) is 23.0 Å². The molecule has 0 amide bonds. The standard InChI is InChI=1S/C7H6N4O2S/c1-10-7(14)13-6(9-10)5-4-11(12)3-2-8-5/h2-4H,1H3. The van der Waals surface area contributed by atoms with Crippen molar-refractivity contribution in [1.82, 2.24) is 14.8 Å². The van der Waals surface area contributed by atoms with Crippen LogP contribution in [0.1, 0.15) is 0 Å². The first kappa shape index (κ1) is 8.82. The zero-order chi connectivity index (χ0) is 10.1. The largest absolute Gasteiger partial charge is 0.619 e. The number of hydrogen-bond donors (Lipinski definition) is 0. The van der Waals surface area contributed by atoms with Crippen LogP contribution in [0.4, 0.5) is 0 Å². The van der Waals surface area contributed by atoms with Gasteiger partial charge in [0.25, 0.3) is 10.7 Å². The molecule has 0 fully saturated rings. The summed E-state index contributed by atoms with van der Waals surface area (Å²) in [6, 6.07) is 0. The van der Waals surface area contributed by atoms with E-state index in [0.29, 0.717) is 10.4 Å². The molecule has 2 heterocycles. The molecule has 0 bridgehead atoms. The van der Waals surface area contributed by atoms with Crippen molar-refractivity contribution >= 4 is 12.2 Å². The summed E-state index contributed by atoms with van der Waals surface area (Å²) in [5, 5.41) is 14.9. The van der Waals surface area contributed by atoms with Crippen LogP contribution < -0.4 is 4.73 Å². The molecule has 0 aliphatic heterocycles. The van der Waals surface area contributed by atoms with Gasteiger partial charge in [-0.3, -0.25) is 0 Å². The molecule has 0 saturated heterocycles. The molecule has 6 nitrogen and oxygen atoms in total. The van der Waals surface area contributed by atoms with Crippen LogP contribution in [0.2, 0.25) is 0 Å². The van der Waals surface area contributed by atoms with Crippen LogP contribution in [0.5, 0.6) is 0 Å². The molecule has 0 spiro atoms. The molecule has 14 heavy (non-hydrogen) atoms. The molecule has 0 aromatic carbocycles. The first-order valence-corrected chi connectivity index (χ1v) is 4.17. The minimum absolute atomic E-state index is 0.239. The SMILES string of the molecule is Cn1nc(-c2c[n+]([O-])ccn2)oc1=S. The Kier molecular flexibility index (Phi) is 2.01. The lowest BCUT2D eigenvalue weighted by Crippen LogP contribution is -2.24. The van der Waals surface area contributed by atoms with E-state index in [-0.39, 0.29) is 10.7 Å². The van der Waals surface area contributed by atoms with Gasteiger partial charge < -0.3 is 9.62 Å². The van der Waals surface area contributed by atoms with Crippen LogP contribution in [-0.2, 0) is 7.05 Å². The smallest absolute Gasteiger partial charge is 0.287 e. The van der Waals surface area contributed by atoms with Crippen LogP contribution >= 0.6 is 12.2 Å². The highest BCUT2D eigenvalue weighted by Gasteiger charge is 2.10. The van der Waals surface area contributed by atoms with Crippen molar-refractivity contribution in [2.75, 3.05) is 0 Å². The van der Waals surface area contributed by atoms with Gasteiger partial charge in [-0.1, -0.05) is 0 Å². The number of rotatable bonds is 1. The van der Waals surface area contributed by atoms with E-state index in [9.17, 15) is 5.21 Å². The van der Waals surface area contributed by atoms with Crippen molar-refractivity contribution in [3.05, 3.63) is 28.6 Å². The second-order valence-corrected chi connectivity index (χ2v) is 2.95. The van der Waals surface area contributed by atoms with Gasteiger partial charge >= 0.3 is 0 Å². The van der Waals surface area contributed by atoms with Crippen LogP contribution in [0, 0.1) is 10.0 Å². The van der Waals surface area contributed by atoms with E-state index in [1.54, 1.807) is 7.05 Å². The predicted molar refractivity (Wildman–Crippen MR) is 48.5 cm³/mol. The van der Waals surface area contributed by atoms with Gasteiger partial charge in [0.1, 0.15) is 0 Å². The summed E-state index contributed by atoms with van der Waals surface area (Å²) in [5.41, 5.74) is 0.356. The molecule has 0 saturated carbocycles. The summed E-state index contributed by atoms with van der Waals surface area (Å²) in [6.07, 6.45) is 3.91. The van der Waals surface area contributed by atoms with Crippen molar-refractivity contribution < 1.29 is 9.15 Å². The normalized spacial score (nSPS) is 10.4. The molecule has 0 aliphatic rings. The molecular weight excluding hydrogens is 204 g/mol. The Labute approximate surface area is 84.0 Å². The molecule has 0 N–H and O–H groups in total. The average Bonchev–Trinajstić information content (AvgIpc) is 2.47. The van der Waals surface area contributed by atoms with E-state index >= 15 is 0 Å². The third-order valence-corrected chi connectivity index (χ3v) is 1.93. The van der Waals surface area contributed by atoms with Crippen molar-refractivity contribution in [1.29, 1.82) is 0 Å². The fourth-order valence-corrected chi connectivity index (χ4v) is 1.06. The number of aryl methyl sites for hydroxylation is 1. The highest BCUT2D eigenvalue weighted by molar-refractivity contribution is 7.71. The Balaban J connectivity index is 2.54. The molecule has 0 unspecified atom stereocenters. The van der Waals surface area contributed by atoms with E-state index in [2.05, 4.69) is 10.1 Å². The Bertz CT molecular complexity index is 518. The number of hydrogen-bond acceptors (Lipinski definition) is 5. The topological polar surface area (TPSA) is 70.8 Å². The maximum atomic E-state index is 10.9. The lowest BCUT2D eigenvalue weighted by Gasteiger charge is -1.94. The molecular formula is C7H6N4O2S. The van der Waals surface area contributed by atoms with Gasteiger partial charge in [-0.25, -0.2) is 9.67 Å². The maximum absolute atomic E-state index is 10.9. The summed E-state index contributed by atoms with van der Waals surface area (Å²) in [4.78, 5) is 4.17. The van der Waals surface area contributed by atoms with E-state index in [4.69, 9.17) is 16.6 Å². The Morgan fingerprint density at radius 2 is 2.43 bits per heavy atom. The molecule has 7 heteroatoms. The number of aromatic nitrogens is 4. The summed E-state index contributed by atoms with van der Waals surface area (Å²) in [5.74, 6) is 0.239. The number of nitrogens with zero attached hydrogens (tertiary/aromatic N) is 4. The van der Waals surface area contributed by atoms with Crippen molar-refractivity contribution in [3.63, 3.8) is 0 Å². The minimum atomic E-state index is 0.239. The van der Waals surface area contributed by atoms with Gasteiger partial charge in [0, 0.05) is 7.05 Å². The molecule has 2 rings (SSSR count). The fourth-order valence-electron chi connectivity index (χ4n) is 0.936. The molecule has 0 atom stereocenters. The first-order valence-electron chi connectivity index (χ1n) is 3.76. The van der Waals surface area contributed by atoms with Gasteiger partial charge in [0.2, 0.25) is 6.20 Å². The second kappa shape index (κ2) is 3.18. The molecule has 72 valence electrons. The van der Waals surface area contributed by atoms with Gasteiger partial charge in [-0.05, 0) is 12.2 Å². The fraction of sp³-hybridized carbons (Fsp3) is 0.143. The second-order valence-electron chi connectivity index (χ2n) is 2.60. The van der Waals surface area contributed by atoms with Crippen molar-refractivity contribution in [3.8, 4) is 11.6 Å². The Hall–Kier alpha value is -1.76. The van der Waals surface area contributed by atoms with E-state index in [1.807, 2.05) is 0 Å². The van der Waals surface area contributed by atoms with E-state index in [0.717, 1.165) is 0 Å². The van der Waals surface area contributed by atoms with Crippen molar-refractivity contribution in [2.45, 2.75) is 0 Å². The van der Waals surface area contributed by atoms with Gasteiger partial charge in [0.05, 0.1) is 6.20 Å².